The van der Waals surface area contributed by atoms with E-state index in [1.165, 1.54) is 6.07 Å². The van der Waals surface area contributed by atoms with Crippen molar-refractivity contribution >= 4 is 11.6 Å². The molecular weight excluding hydrogens is 242 g/mol. The number of anilines is 1. The molecular formula is C15H15NO3. The van der Waals surface area contributed by atoms with Gasteiger partial charge in [-0.1, -0.05) is 17.7 Å². The minimum atomic E-state index is -0.443. The summed E-state index contributed by atoms with van der Waals surface area (Å²) in [7, 11) is 0. The van der Waals surface area contributed by atoms with E-state index in [9.17, 15) is 9.59 Å². The van der Waals surface area contributed by atoms with Gasteiger partial charge in [0.15, 0.2) is 0 Å². The lowest BCUT2D eigenvalue weighted by molar-refractivity contribution is 0.102. The molecule has 0 radical (unpaired) electrons. The summed E-state index contributed by atoms with van der Waals surface area (Å²) >= 11 is 0. The van der Waals surface area contributed by atoms with Crippen LogP contribution in [0.1, 0.15) is 27.2 Å². The van der Waals surface area contributed by atoms with E-state index in [0.29, 0.717) is 22.6 Å². The quantitative estimate of drug-likeness (QED) is 0.899. The molecule has 0 bridgehead atoms. The lowest BCUT2D eigenvalue weighted by atomic mass is 10.1. The Bertz CT molecular complexity index is 643. The Morgan fingerprint density at radius 1 is 1.11 bits per heavy atom. The minimum absolute atomic E-state index is 0.275. The zero-order valence-electron chi connectivity index (χ0n) is 11.1. The number of hydrogen-bond acceptors (Lipinski definition) is 3. The summed E-state index contributed by atoms with van der Waals surface area (Å²) in [5.74, 6) is 0.0530. The Morgan fingerprint density at radius 2 is 1.74 bits per heavy atom. The maximum atomic E-state index is 12.2. The number of amides is 1. The normalized spacial score (nSPS) is 10.3. The van der Waals surface area contributed by atoms with Crippen molar-refractivity contribution in [3.63, 3.8) is 0 Å². The van der Waals surface area contributed by atoms with Crippen LogP contribution in [0.5, 0.6) is 0 Å². The summed E-state index contributed by atoms with van der Waals surface area (Å²) < 4.78 is 4.95. The molecule has 19 heavy (non-hydrogen) atoms. The molecule has 1 N–H and O–H groups in total. The zero-order valence-corrected chi connectivity index (χ0v) is 11.1. The summed E-state index contributed by atoms with van der Waals surface area (Å²) in [4.78, 5) is 23.4. The Morgan fingerprint density at radius 3 is 2.32 bits per heavy atom. The van der Waals surface area contributed by atoms with Crippen molar-refractivity contribution in [1.29, 1.82) is 0 Å². The average molecular weight is 257 g/mol. The molecule has 0 aliphatic carbocycles. The highest BCUT2D eigenvalue weighted by Gasteiger charge is 2.15. The fraction of sp³-hybridized carbons (Fsp3) is 0.200. The number of nitrogens with one attached hydrogen (secondary N) is 1. The van der Waals surface area contributed by atoms with Gasteiger partial charge < -0.3 is 9.73 Å². The van der Waals surface area contributed by atoms with Crippen LogP contribution in [0.2, 0.25) is 0 Å². The number of rotatable bonds is 2. The van der Waals surface area contributed by atoms with Crippen LogP contribution in [0.4, 0.5) is 5.69 Å². The van der Waals surface area contributed by atoms with E-state index < -0.39 is 5.63 Å². The summed E-state index contributed by atoms with van der Waals surface area (Å²) in [6.07, 6.45) is 0. The van der Waals surface area contributed by atoms with Crippen LogP contribution in [-0.2, 0) is 0 Å². The Kier molecular flexibility index (Phi) is 3.51. The highest BCUT2D eigenvalue weighted by atomic mass is 16.4. The first-order chi connectivity index (χ1) is 8.97. The van der Waals surface area contributed by atoms with Crippen molar-refractivity contribution < 1.29 is 9.21 Å². The van der Waals surface area contributed by atoms with E-state index >= 15 is 0 Å². The van der Waals surface area contributed by atoms with Crippen LogP contribution in [0, 0.1) is 20.8 Å². The van der Waals surface area contributed by atoms with E-state index in [4.69, 9.17) is 4.42 Å². The molecule has 0 unspecified atom stereocenters. The van der Waals surface area contributed by atoms with Crippen LogP contribution in [0.25, 0.3) is 0 Å². The Balaban J connectivity index is 2.30. The minimum Gasteiger partial charge on any atom is -0.427 e. The predicted octanol–water partition coefficient (Wildman–Crippen LogP) is 2.82. The molecule has 1 aromatic heterocycles. The largest absolute Gasteiger partial charge is 0.427 e. The fourth-order valence-corrected chi connectivity index (χ4v) is 1.93. The molecule has 4 heteroatoms. The second-order valence-electron chi connectivity index (χ2n) is 4.50. The number of carbonyl (C=O) groups is 1. The monoisotopic (exact) mass is 257 g/mol. The van der Waals surface area contributed by atoms with E-state index in [2.05, 4.69) is 5.32 Å². The van der Waals surface area contributed by atoms with Crippen LogP contribution >= 0.6 is 0 Å². The van der Waals surface area contributed by atoms with Crippen LogP contribution in [-0.4, -0.2) is 5.91 Å². The molecule has 4 nitrogen and oxygen atoms in total. The van der Waals surface area contributed by atoms with E-state index in [-0.39, 0.29) is 5.91 Å². The van der Waals surface area contributed by atoms with Gasteiger partial charge in [0.1, 0.15) is 5.76 Å². The average Bonchev–Trinajstić information content (AvgIpc) is 2.30. The van der Waals surface area contributed by atoms with Gasteiger partial charge in [0.2, 0.25) is 0 Å². The van der Waals surface area contributed by atoms with Crippen LogP contribution in [0.3, 0.4) is 0 Å². The predicted molar refractivity (Wildman–Crippen MR) is 73.6 cm³/mol. The van der Waals surface area contributed by atoms with E-state index in [0.717, 1.165) is 5.56 Å². The molecule has 2 rings (SSSR count). The number of benzene rings is 1. The molecule has 1 aromatic carbocycles. The summed E-state index contributed by atoms with van der Waals surface area (Å²) in [6, 6.07) is 8.81. The SMILES string of the molecule is Cc1ccc(NC(=O)c2c(C)cc(=O)oc2C)cc1. The standard InChI is InChI=1S/C15H15NO3/c1-9-4-6-12(7-5-9)16-15(18)14-10(2)8-13(17)19-11(14)3/h4-8H,1-3H3,(H,16,18). The van der Waals surface area contributed by atoms with Gasteiger partial charge in [-0.15, -0.1) is 0 Å². The first-order valence-corrected chi connectivity index (χ1v) is 5.97. The maximum Gasteiger partial charge on any atom is 0.336 e. The second-order valence-corrected chi connectivity index (χ2v) is 4.50. The molecule has 0 spiro atoms. The van der Waals surface area contributed by atoms with Crippen molar-refractivity contribution in [1.82, 2.24) is 0 Å². The lowest BCUT2D eigenvalue weighted by Gasteiger charge is -2.09. The lowest BCUT2D eigenvalue weighted by Crippen LogP contribution is -2.17. The van der Waals surface area contributed by atoms with Crippen molar-refractivity contribution in [2.24, 2.45) is 0 Å². The smallest absolute Gasteiger partial charge is 0.336 e. The first-order valence-electron chi connectivity index (χ1n) is 5.97. The molecule has 0 aliphatic heterocycles. The van der Waals surface area contributed by atoms with Gasteiger partial charge in [0, 0.05) is 11.8 Å². The molecule has 0 fully saturated rings. The summed E-state index contributed by atoms with van der Waals surface area (Å²) in [5, 5.41) is 2.79. The molecule has 0 atom stereocenters. The van der Waals surface area contributed by atoms with Gasteiger partial charge in [-0.25, -0.2) is 4.79 Å². The molecule has 0 saturated carbocycles. The van der Waals surface area contributed by atoms with Crippen LogP contribution in [0.15, 0.2) is 39.5 Å². The number of hydrogen-bond donors (Lipinski definition) is 1. The highest BCUT2D eigenvalue weighted by Crippen LogP contribution is 2.15. The first kappa shape index (κ1) is 13.1. The molecule has 1 heterocycles. The molecule has 1 amide bonds. The molecule has 98 valence electrons. The summed E-state index contributed by atoms with van der Waals surface area (Å²) in [6.45, 7) is 5.30. The van der Waals surface area contributed by atoms with Gasteiger partial charge in [0.05, 0.1) is 5.56 Å². The topological polar surface area (TPSA) is 59.3 Å². The third kappa shape index (κ3) is 2.91. The van der Waals surface area contributed by atoms with Crippen molar-refractivity contribution in [2.45, 2.75) is 20.8 Å². The zero-order chi connectivity index (χ0) is 14.0. The number of aryl methyl sites for hydroxylation is 3. The van der Waals surface area contributed by atoms with Gasteiger partial charge in [-0.2, -0.15) is 0 Å². The van der Waals surface area contributed by atoms with Gasteiger partial charge in [-0.05, 0) is 38.5 Å². The molecule has 0 aliphatic rings. The summed E-state index contributed by atoms with van der Waals surface area (Å²) in [5.41, 5.74) is 2.40. The van der Waals surface area contributed by atoms with Crippen molar-refractivity contribution in [3.05, 3.63) is 63.2 Å². The molecule has 0 saturated heterocycles. The second kappa shape index (κ2) is 5.10. The van der Waals surface area contributed by atoms with Gasteiger partial charge in [-0.3, -0.25) is 4.79 Å². The van der Waals surface area contributed by atoms with Crippen molar-refractivity contribution in [3.8, 4) is 0 Å². The van der Waals surface area contributed by atoms with Gasteiger partial charge in [0.25, 0.3) is 5.91 Å². The van der Waals surface area contributed by atoms with E-state index in [1.54, 1.807) is 13.8 Å². The van der Waals surface area contributed by atoms with E-state index in [1.807, 2.05) is 31.2 Å². The molecule has 2 aromatic rings. The van der Waals surface area contributed by atoms with Gasteiger partial charge >= 0.3 is 5.63 Å². The van der Waals surface area contributed by atoms with Crippen molar-refractivity contribution in [2.75, 3.05) is 5.32 Å². The Labute approximate surface area is 111 Å². The number of carbonyl (C=O) groups excluding carboxylic acids is 1. The third-order valence-corrected chi connectivity index (χ3v) is 2.87. The highest BCUT2D eigenvalue weighted by molar-refractivity contribution is 6.05. The van der Waals surface area contributed by atoms with Crippen LogP contribution < -0.4 is 10.9 Å². The Hall–Kier alpha value is -2.36. The third-order valence-electron chi connectivity index (χ3n) is 2.87. The maximum absolute atomic E-state index is 12.2. The fourth-order valence-electron chi connectivity index (χ4n) is 1.93.